The Morgan fingerprint density at radius 1 is 1.20 bits per heavy atom. The molecule has 5 rings (SSSR count). The summed E-state index contributed by atoms with van der Waals surface area (Å²) in [6.07, 6.45) is 6.88. The number of tetrazole rings is 1. The van der Waals surface area contributed by atoms with E-state index in [1.54, 1.807) is 15.3 Å². The summed E-state index contributed by atoms with van der Waals surface area (Å²) in [5.41, 5.74) is -0.709. The second-order valence-corrected chi connectivity index (χ2v) is 8.69. The maximum Gasteiger partial charge on any atom is 0.275 e. The van der Waals surface area contributed by atoms with Crippen molar-refractivity contribution in [1.82, 2.24) is 29.7 Å². The Morgan fingerprint density at radius 3 is 2.70 bits per heavy atom. The maximum absolute atomic E-state index is 13.8. The molecule has 11 heteroatoms. The topological polar surface area (TPSA) is 132 Å². The van der Waals surface area contributed by atoms with Crippen molar-refractivity contribution in [1.29, 1.82) is 0 Å². The minimum Gasteiger partial charge on any atom is -0.733 e. The zero-order chi connectivity index (χ0) is 20.9. The number of carbonyl (C=O) groups is 1. The van der Waals surface area contributed by atoms with Crippen LogP contribution in [0.4, 0.5) is 5.69 Å². The number of carbonyl (C=O) groups excluding carboxylic acids is 1. The van der Waals surface area contributed by atoms with Gasteiger partial charge in [-0.3, -0.25) is 14.8 Å². The molecule has 2 aromatic rings. The van der Waals surface area contributed by atoms with Gasteiger partial charge in [-0.15, -0.1) is 5.10 Å². The lowest BCUT2D eigenvalue weighted by atomic mass is 9.78. The van der Waals surface area contributed by atoms with E-state index in [9.17, 15) is 20.0 Å². The third-order valence-electron chi connectivity index (χ3n) is 6.94. The van der Waals surface area contributed by atoms with E-state index in [4.69, 9.17) is 0 Å². The van der Waals surface area contributed by atoms with Crippen LogP contribution in [0.3, 0.4) is 0 Å². The lowest BCUT2D eigenvalue weighted by Crippen LogP contribution is -2.57. The molecule has 0 spiro atoms. The van der Waals surface area contributed by atoms with Crippen LogP contribution in [0.5, 0.6) is 0 Å². The normalized spacial score (nSPS) is 24.9. The molecule has 3 aliphatic rings. The minimum atomic E-state index is -0.739. The molecule has 1 N–H and O–H groups in total. The van der Waals surface area contributed by atoms with Gasteiger partial charge in [0.25, 0.3) is 11.5 Å². The Bertz CT molecular complexity index is 997. The Balaban J connectivity index is 1.46. The molecule has 1 saturated heterocycles. The smallest absolute Gasteiger partial charge is 0.275 e. The number of piperidine rings is 1. The largest absolute Gasteiger partial charge is 0.733 e. The van der Waals surface area contributed by atoms with Gasteiger partial charge < -0.3 is 19.9 Å². The van der Waals surface area contributed by atoms with Crippen molar-refractivity contribution < 1.29 is 10.0 Å². The highest BCUT2D eigenvalue weighted by atomic mass is 16.8. The van der Waals surface area contributed by atoms with E-state index in [2.05, 4.69) is 15.5 Å². The fourth-order valence-electron chi connectivity index (χ4n) is 5.58. The number of hydrogen-bond acceptors (Lipinski definition) is 8. The van der Waals surface area contributed by atoms with Gasteiger partial charge in [-0.05, 0) is 47.7 Å². The first-order chi connectivity index (χ1) is 14.5. The predicted octanol–water partition coefficient (Wildman–Crippen LogP) is 0.833. The molecule has 1 aliphatic carbocycles. The summed E-state index contributed by atoms with van der Waals surface area (Å²) in [5, 5.41) is 31.7. The second-order valence-electron chi connectivity index (χ2n) is 8.69. The number of pyridine rings is 1. The molecule has 1 saturated carbocycles. The summed E-state index contributed by atoms with van der Waals surface area (Å²) in [4.78, 5) is 28.3. The Hall–Kier alpha value is -2.79. The summed E-state index contributed by atoms with van der Waals surface area (Å²) in [6.45, 7) is 1.49. The molecule has 0 aromatic carbocycles. The SMILES string of the molecule is O=C(N1C[C@@H]2C[C@@H](C1)c1ccc(N([O-])O)c(=O)n1C2)C1(n2cnnn2)CCCCC1. The molecule has 4 heterocycles. The third kappa shape index (κ3) is 2.91. The van der Waals surface area contributed by atoms with E-state index >= 15 is 0 Å². The highest BCUT2D eigenvalue weighted by molar-refractivity contribution is 5.84. The predicted molar refractivity (Wildman–Crippen MR) is 105 cm³/mol. The van der Waals surface area contributed by atoms with E-state index in [1.807, 2.05) is 4.90 Å². The molecule has 0 unspecified atom stereocenters. The van der Waals surface area contributed by atoms with Crippen molar-refractivity contribution in [3.63, 3.8) is 0 Å². The van der Waals surface area contributed by atoms with E-state index in [1.165, 1.54) is 12.4 Å². The Morgan fingerprint density at radius 2 is 2.00 bits per heavy atom. The standard InChI is InChI=1S/C19H24N7O4/c27-17-16(26(29)30)5-4-15-14-8-13(10-24(15)17)9-23(11-14)18(28)19(6-2-1-3-7-19)25-12-20-21-22-25/h4-5,12-14,29H,1-3,6-11H2/q-1/t13-,14-/m0/s1. The quantitative estimate of drug-likeness (QED) is 0.731. The molecule has 30 heavy (non-hydrogen) atoms. The molecular formula is C19H24N7O4-. The number of anilines is 1. The van der Waals surface area contributed by atoms with Crippen LogP contribution in [-0.4, -0.2) is 53.9 Å². The van der Waals surface area contributed by atoms with E-state index < -0.39 is 11.1 Å². The molecule has 2 bridgehead atoms. The highest BCUT2D eigenvalue weighted by Gasteiger charge is 2.47. The van der Waals surface area contributed by atoms with Gasteiger partial charge in [0, 0.05) is 31.2 Å². The molecule has 2 aromatic heterocycles. The fourth-order valence-corrected chi connectivity index (χ4v) is 5.58. The van der Waals surface area contributed by atoms with Crippen molar-refractivity contribution in [2.75, 3.05) is 18.3 Å². The van der Waals surface area contributed by atoms with Crippen LogP contribution >= 0.6 is 0 Å². The van der Waals surface area contributed by atoms with Crippen LogP contribution in [0.15, 0.2) is 23.3 Å². The Kier molecular flexibility index (Phi) is 4.58. The number of fused-ring (bicyclic) bond motifs is 4. The van der Waals surface area contributed by atoms with Crippen LogP contribution < -0.4 is 10.8 Å². The van der Waals surface area contributed by atoms with Crippen molar-refractivity contribution in [2.24, 2.45) is 5.92 Å². The third-order valence-corrected chi connectivity index (χ3v) is 6.94. The summed E-state index contributed by atoms with van der Waals surface area (Å²) >= 11 is 0. The van der Waals surface area contributed by atoms with Crippen LogP contribution in [-0.2, 0) is 16.9 Å². The molecule has 0 radical (unpaired) electrons. The van der Waals surface area contributed by atoms with Gasteiger partial charge in [-0.2, -0.15) is 0 Å². The highest BCUT2D eigenvalue weighted by Crippen LogP contribution is 2.40. The molecule has 2 fully saturated rings. The number of hydrogen-bond donors (Lipinski definition) is 1. The monoisotopic (exact) mass is 414 g/mol. The van der Waals surface area contributed by atoms with Crippen molar-refractivity contribution in [3.8, 4) is 0 Å². The number of rotatable bonds is 3. The number of likely N-dealkylation sites (tertiary alicyclic amines) is 1. The van der Waals surface area contributed by atoms with E-state index in [0.717, 1.165) is 44.2 Å². The average Bonchev–Trinajstić information content (AvgIpc) is 3.29. The number of aromatic nitrogens is 5. The number of amides is 1. The van der Waals surface area contributed by atoms with Gasteiger partial charge >= 0.3 is 0 Å². The van der Waals surface area contributed by atoms with Crippen molar-refractivity contribution in [2.45, 2.75) is 56.5 Å². The summed E-state index contributed by atoms with van der Waals surface area (Å²) in [6, 6.07) is 3.07. The average molecular weight is 414 g/mol. The molecular weight excluding hydrogens is 390 g/mol. The van der Waals surface area contributed by atoms with Gasteiger partial charge in [0.05, 0.1) is 0 Å². The van der Waals surface area contributed by atoms with Gasteiger partial charge in [0.2, 0.25) is 0 Å². The fraction of sp³-hybridized carbons (Fsp3) is 0.632. The van der Waals surface area contributed by atoms with Crippen LogP contribution in [0.2, 0.25) is 0 Å². The van der Waals surface area contributed by atoms with Crippen LogP contribution in [0.25, 0.3) is 0 Å². The first kappa shape index (κ1) is 19.2. The van der Waals surface area contributed by atoms with Crippen molar-refractivity contribution >= 4 is 11.6 Å². The van der Waals surface area contributed by atoms with E-state index in [0.29, 0.717) is 19.6 Å². The minimum absolute atomic E-state index is 0.0107. The lowest BCUT2D eigenvalue weighted by molar-refractivity contribution is -0.146. The van der Waals surface area contributed by atoms with Crippen LogP contribution in [0.1, 0.15) is 50.1 Å². The summed E-state index contributed by atoms with van der Waals surface area (Å²) in [5.74, 6) is 0.177. The van der Waals surface area contributed by atoms with Crippen LogP contribution in [0, 0.1) is 11.1 Å². The lowest BCUT2D eigenvalue weighted by Gasteiger charge is -2.46. The molecule has 11 nitrogen and oxygen atoms in total. The maximum atomic E-state index is 13.8. The van der Waals surface area contributed by atoms with Gasteiger partial charge in [-0.25, -0.2) is 4.68 Å². The van der Waals surface area contributed by atoms with Crippen molar-refractivity contribution in [3.05, 3.63) is 39.7 Å². The molecule has 2 atom stereocenters. The van der Waals surface area contributed by atoms with E-state index in [-0.39, 0.29) is 28.7 Å². The molecule has 2 aliphatic heterocycles. The molecule has 160 valence electrons. The second kappa shape index (κ2) is 7.17. The van der Waals surface area contributed by atoms with Gasteiger partial charge in [0.1, 0.15) is 17.6 Å². The zero-order valence-corrected chi connectivity index (χ0v) is 16.6. The summed E-state index contributed by atoms with van der Waals surface area (Å²) < 4.78 is 3.21. The number of nitrogens with zero attached hydrogens (tertiary/aromatic N) is 7. The van der Waals surface area contributed by atoms with Gasteiger partial charge in [-0.1, -0.05) is 19.3 Å². The molecule has 1 amide bonds. The first-order valence-corrected chi connectivity index (χ1v) is 10.4. The Labute approximate surface area is 172 Å². The summed E-state index contributed by atoms with van der Waals surface area (Å²) in [7, 11) is 0. The zero-order valence-electron chi connectivity index (χ0n) is 16.6. The first-order valence-electron chi connectivity index (χ1n) is 10.4. The van der Waals surface area contributed by atoms with Gasteiger partial charge in [0.15, 0.2) is 0 Å².